The lowest BCUT2D eigenvalue weighted by molar-refractivity contribution is 0.510. The fourth-order valence-electron chi connectivity index (χ4n) is 2.48. The van der Waals surface area contributed by atoms with Gasteiger partial charge in [-0.25, -0.2) is 0 Å². The summed E-state index contributed by atoms with van der Waals surface area (Å²) < 4.78 is 0. The molecule has 1 aromatic heterocycles. The number of hydrogen-bond donors (Lipinski definition) is 2. The van der Waals surface area contributed by atoms with Gasteiger partial charge in [-0.1, -0.05) is 19.9 Å². The van der Waals surface area contributed by atoms with Gasteiger partial charge in [-0.15, -0.1) is 0 Å². The number of benzene rings is 1. The molecule has 0 bridgehead atoms. The first-order valence-corrected chi connectivity index (χ1v) is 5.39. The molecule has 2 heteroatoms. The minimum Gasteiger partial charge on any atom is -0.361 e. The minimum atomic E-state index is -0.113. The Morgan fingerprint density at radius 1 is 1.27 bits per heavy atom. The molecule has 1 aromatic carbocycles. The quantitative estimate of drug-likeness (QED) is 0.730. The molecular weight excluding hydrogens is 184 g/mol. The molecule has 1 atom stereocenters. The monoisotopic (exact) mass is 200 g/mol. The SMILES string of the molecule is CC1(C)CC1(N)c1ccc2[nH]ccc2c1. The van der Waals surface area contributed by atoms with E-state index in [9.17, 15) is 0 Å². The van der Waals surface area contributed by atoms with E-state index in [2.05, 4.69) is 43.1 Å². The van der Waals surface area contributed by atoms with Gasteiger partial charge in [0.15, 0.2) is 0 Å². The summed E-state index contributed by atoms with van der Waals surface area (Å²) in [4.78, 5) is 3.20. The highest BCUT2D eigenvalue weighted by atomic mass is 14.9. The van der Waals surface area contributed by atoms with E-state index in [0.717, 1.165) is 6.42 Å². The molecule has 1 fully saturated rings. The number of H-pyrrole nitrogens is 1. The van der Waals surface area contributed by atoms with Gasteiger partial charge < -0.3 is 10.7 Å². The summed E-state index contributed by atoms with van der Waals surface area (Å²) in [5, 5.41) is 1.25. The highest BCUT2D eigenvalue weighted by Crippen LogP contribution is 2.60. The van der Waals surface area contributed by atoms with Crippen molar-refractivity contribution in [1.29, 1.82) is 0 Å². The van der Waals surface area contributed by atoms with Gasteiger partial charge in [0.1, 0.15) is 0 Å². The number of aromatic amines is 1. The third-order valence-corrected chi connectivity index (χ3v) is 3.87. The summed E-state index contributed by atoms with van der Waals surface area (Å²) in [6.07, 6.45) is 3.05. The normalized spacial score (nSPS) is 28.2. The molecule has 1 unspecified atom stereocenters. The van der Waals surface area contributed by atoms with Crippen molar-refractivity contribution in [2.24, 2.45) is 11.1 Å². The number of fused-ring (bicyclic) bond motifs is 1. The fraction of sp³-hybridized carbons (Fsp3) is 0.385. The second-order valence-electron chi connectivity index (χ2n) is 5.31. The van der Waals surface area contributed by atoms with Gasteiger partial charge in [-0.05, 0) is 41.0 Å². The largest absolute Gasteiger partial charge is 0.361 e. The van der Waals surface area contributed by atoms with Gasteiger partial charge in [-0.2, -0.15) is 0 Å². The van der Waals surface area contributed by atoms with E-state index in [4.69, 9.17) is 5.73 Å². The Labute approximate surface area is 89.5 Å². The van der Waals surface area contributed by atoms with Crippen LogP contribution < -0.4 is 5.73 Å². The first kappa shape index (κ1) is 8.98. The third-order valence-electron chi connectivity index (χ3n) is 3.87. The van der Waals surface area contributed by atoms with Crippen molar-refractivity contribution in [3.63, 3.8) is 0 Å². The standard InChI is InChI=1S/C13H16N2/c1-12(2)8-13(12,14)10-3-4-11-9(7-10)5-6-15-11/h3-7,15H,8,14H2,1-2H3. The van der Waals surface area contributed by atoms with Crippen LogP contribution in [0.25, 0.3) is 10.9 Å². The van der Waals surface area contributed by atoms with Crippen molar-refractivity contribution >= 4 is 10.9 Å². The average molecular weight is 200 g/mol. The van der Waals surface area contributed by atoms with E-state index in [-0.39, 0.29) is 11.0 Å². The Balaban J connectivity index is 2.13. The van der Waals surface area contributed by atoms with Crippen molar-refractivity contribution in [3.8, 4) is 0 Å². The second kappa shape index (κ2) is 2.45. The maximum absolute atomic E-state index is 6.40. The van der Waals surface area contributed by atoms with Crippen molar-refractivity contribution in [2.75, 3.05) is 0 Å². The molecule has 0 amide bonds. The minimum absolute atomic E-state index is 0.113. The molecule has 2 aromatic rings. The van der Waals surface area contributed by atoms with Gasteiger partial charge in [0, 0.05) is 17.3 Å². The van der Waals surface area contributed by atoms with Crippen LogP contribution in [0.4, 0.5) is 0 Å². The first-order valence-electron chi connectivity index (χ1n) is 5.39. The maximum Gasteiger partial charge on any atom is 0.0468 e. The lowest BCUT2D eigenvalue weighted by atomic mass is 9.96. The molecule has 2 nitrogen and oxygen atoms in total. The first-order chi connectivity index (χ1) is 7.03. The highest BCUT2D eigenvalue weighted by molar-refractivity contribution is 5.80. The predicted molar refractivity (Wildman–Crippen MR) is 62.6 cm³/mol. The topological polar surface area (TPSA) is 41.8 Å². The number of nitrogens with two attached hydrogens (primary N) is 1. The Morgan fingerprint density at radius 2 is 2.00 bits per heavy atom. The fourth-order valence-corrected chi connectivity index (χ4v) is 2.48. The van der Waals surface area contributed by atoms with Crippen LogP contribution in [-0.4, -0.2) is 4.98 Å². The molecule has 3 N–H and O–H groups in total. The Hall–Kier alpha value is -1.28. The maximum atomic E-state index is 6.40. The molecule has 0 aliphatic heterocycles. The molecular formula is C13H16N2. The van der Waals surface area contributed by atoms with Crippen molar-refractivity contribution in [2.45, 2.75) is 25.8 Å². The Morgan fingerprint density at radius 3 is 2.67 bits per heavy atom. The molecule has 1 saturated carbocycles. The zero-order valence-corrected chi connectivity index (χ0v) is 9.17. The van der Waals surface area contributed by atoms with E-state index in [1.54, 1.807) is 0 Å². The molecule has 3 rings (SSSR count). The molecule has 15 heavy (non-hydrogen) atoms. The lowest BCUT2D eigenvalue weighted by Gasteiger charge is -2.15. The molecule has 0 radical (unpaired) electrons. The summed E-state index contributed by atoms with van der Waals surface area (Å²) >= 11 is 0. The summed E-state index contributed by atoms with van der Waals surface area (Å²) in [5.74, 6) is 0. The number of hydrogen-bond acceptors (Lipinski definition) is 1. The van der Waals surface area contributed by atoms with Crippen LogP contribution in [-0.2, 0) is 5.54 Å². The van der Waals surface area contributed by atoms with Gasteiger partial charge in [0.25, 0.3) is 0 Å². The van der Waals surface area contributed by atoms with Crippen molar-refractivity contribution in [1.82, 2.24) is 4.98 Å². The smallest absolute Gasteiger partial charge is 0.0468 e. The predicted octanol–water partition coefficient (Wildman–Crippen LogP) is 2.75. The zero-order valence-electron chi connectivity index (χ0n) is 9.17. The van der Waals surface area contributed by atoms with Gasteiger partial charge in [0.2, 0.25) is 0 Å². The summed E-state index contributed by atoms with van der Waals surface area (Å²) in [6.45, 7) is 4.46. The van der Waals surface area contributed by atoms with Crippen LogP contribution in [0, 0.1) is 5.41 Å². The van der Waals surface area contributed by atoms with Crippen LogP contribution in [0.3, 0.4) is 0 Å². The molecule has 1 aliphatic carbocycles. The van der Waals surface area contributed by atoms with Crippen LogP contribution in [0.1, 0.15) is 25.8 Å². The number of rotatable bonds is 1. The summed E-state index contributed by atoms with van der Waals surface area (Å²) in [6, 6.07) is 8.57. The second-order valence-corrected chi connectivity index (χ2v) is 5.31. The highest BCUT2D eigenvalue weighted by Gasteiger charge is 2.59. The lowest BCUT2D eigenvalue weighted by Crippen LogP contribution is -2.25. The molecule has 0 saturated heterocycles. The van der Waals surface area contributed by atoms with E-state index in [1.165, 1.54) is 16.5 Å². The van der Waals surface area contributed by atoms with E-state index >= 15 is 0 Å². The molecule has 0 spiro atoms. The number of nitrogens with one attached hydrogen (secondary N) is 1. The van der Waals surface area contributed by atoms with Gasteiger partial charge in [-0.3, -0.25) is 0 Å². The Bertz CT molecular complexity index is 524. The summed E-state index contributed by atoms with van der Waals surface area (Å²) in [5.41, 5.74) is 8.97. The van der Waals surface area contributed by atoms with Gasteiger partial charge in [0.05, 0.1) is 0 Å². The molecule has 1 aliphatic rings. The number of aromatic nitrogens is 1. The molecule has 1 heterocycles. The van der Waals surface area contributed by atoms with Crippen LogP contribution in [0.2, 0.25) is 0 Å². The van der Waals surface area contributed by atoms with E-state index in [0.29, 0.717) is 0 Å². The van der Waals surface area contributed by atoms with Crippen molar-refractivity contribution < 1.29 is 0 Å². The van der Waals surface area contributed by atoms with Crippen molar-refractivity contribution in [3.05, 3.63) is 36.0 Å². The van der Waals surface area contributed by atoms with E-state index in [1.807, 2.05) is 6.20 Å². The third kappa shape index (κ3) is 1.08. The van der Waals surface area contributed by atoms with Crippen LogP contribution >= 0.6 is 0 Å². The Kier molecular flexibility index (Phi) is 1.47. The van der Waals surface area contributed by atoms with E-state index < -0.39 is 0 Å². The molecule has 78 valence electrons. The van der Waals surface area contributed by atoms with Crippen LogP contribution in [0.5, 0.6) is 0 Å². The zero-order chi connectivity index (χ0) is 10.7. The average Bonchev–Trinajstić information content (AvgIpc) is 2.61. The summed E-state index contributed by atoms with van der Waals surface area (Å²) in [7, 11) is 0. The van der Waals surface area contributed by atoms with Gasteiger partial charge >= 0.3 is 0 Å². The van der Waals surface area contributed by atoms with Crippen LogP contribution in [0.15, 0.2) is 30.5 Å².